The normalized spacial score (nSPS) is 27.7. The van der Waals surface area contributed by atoms with E-state index in [1.54, 1.807) is 6.07 Å². The van der Waals surface area contributed by atoms with Crippen LogP contribution in [0, 0.1) is 30.5 Å². The van der Waals surface area contributed by atoms with Crippen molar-refractivity contribution in [1.82, 2.24) is 4.90 Å². The van der Waals surface area contributed by atoms with Crippen LogP contribution in [0.2, 0.25) is 0 Å². The number of hydrogen-bond acceptors (Lipinski definition) is 1. The number of rotatable bonds is 3. The predicted octanol–water partition coefficient (Wildman–Crippen LogP) is 5.05. The molecule has 4 atom stereocenters. The van der Waals surface area contributed by atoms with Crippen molar-refractivity contribution in [3.8, 4) is 0 Å². The lowest BCUT2D eigenvalue weighted by Crippen LogP contribution is -2.31. The summed E-state index contributed by atoms with van der Waals surface area (Å²) in [7, 11) is 0. The molecule has 1 saturated heterocycles. The summed E-state index contributed by atoms with van der Waals surface area (Å²) in [4.78, 5) is 15.2. The summed E-state index contributed by atoms with van der Waals surface area (Å²) in [6, 6.07) is 15.0. The third-order valence-corrected chi connectivity index (χ3v) is 5.83. The van der Waals surface area contributed by atoms with Crippen LogP contribution >= 0.6 is 0 Å². The van der Waals surface area contributed by atoms with Gasteiger partial charge in [0.1, 0.15) is 5.82 Å². The summed E-state index contributed by atoms with van der Waals surface area (Å²) >= 11 is 0. The number of benzene rings is 2. The number of likely N-dealkylation sites (tertiary alicyclic amines) is 1. The Balaban J connectivity index is 1.80. The average Bonchev–Trinajstić information content (AvgIpc) is 2.91. The molecule has 26 heavy (non-hydrogen) atoms. The molecule has 3 heteroatoms. The minimum atomic E-state index is -0.244. The number of hydrogen-bond donors (Lipinski definition) is 0. The van der Waals surface area contributed by atoms with E-state index in [0.29, 0.717) is 12.1 Å². The fourth-order valence-electron chi connectivity index (χ4n) is 4.56. The van der Waals surface area contributed by atoms with Gasteiger partial charge in [-0.15, -0.1) is 0 Å². The van der Waals surface area contributed by atoms with Crippen molar-refractivity contribution in [2.75, 3.05) is 0 Å². The van der Waals surface area contributed by atoms with Crippen LogP contribution < -0.4 is 0 Å². The minimum absolute atomic E-state index is 0.0336. The van der Waals surface area contributed by atoms with E-state index in [1.165, 1.54) is 6.07 Å². The van der Waals surface area contributed by atoms with E-state index in [4.69, 9.17) is 0 Å². The second-order valence-corrected chi connectivity index (χ2v) is 7.67. The molecule has 2 aromatic rings. The first-order chi connectivity index (χ1) is 12.6. The highest BCUT2D eigenvalue weighted by molar-refractivity contribution is 5.83. The molecule has 2 aromatic carbocycles. The van der Waals surface area contributed by atoms with Crippen LogP contribution in [-0.4, -0.2) is 10.8 Å². The molecule has 134 valence electrons. The molecule has 0 radical (unpaired) electrons. The number of halogens is 1. The molecule has 0 spiro atoms. The molecule has 1 aliphatic carbocycles. The van der Waals surface area contributed by atoms with Gasteiger partial charge < -0.3 is 4.90 Å². The molecule has 2 nitrogen and oxygen atoms in total. The van der Waals surface area contributed by atoms with Crippen LogP contribution in [0.25, 0.3) is 0 Å². The van der Waals surface area contributed by atoms with E-state index >= 15 is 0 Å². The fourth-order valence-corrected chi connectivity index (χ4v) is 4.56. The van der Waals surface area contributed by atoms with E-state index in [-0.39, 0.29) is 35.5 Å². The third kappa shape index (κ3) is 2.86. The smallest absolute Gasteiger partial charge is 0.227 e. The summed E-state index contributed by atoms with van der Waals surface area (Å²) in [6.07, 6.45) is 5.21. The van der Waals surface area contributed by atoms with Crippen molar-refractivity contribution in [3.63, 3.8) is 0 Å². The second-order valence-electron chi connectivity index (χ2n) is 7.67. The first-order valence-electron chi connectivity index (χ1n) is 9.33. The van der Waals surface area contributed by atoms with Gasteiger partial charge in [0.05, 0.1) is 6.04 Å². The topological polar surface area (TPSA) is 20.3 Å². The van der Waals surface area contributed by atoms with Crippen LogP contribution in [0.4, 0.5) is 4.39 Å². The van der Waals surface area contributed by atoms with Crippen LogP contribution in [0.1, 0.15) is 36.1 Å². The van der Waals surface area contributed by atoms with Crippen LogP contribution in [-0.2, 0) is 11.3 Å². The SMILES string of the molecule is Cc1ccc(F)c([C@H]2[C@@H]3C=CC[C@H](C)[C@H]3C(=O)N2Cc2ccccc2)c1. The van der Waals surface area contributed by atoms with Gasteiger partial charge in [0.15, 0.2) is 0 Å². The van der Waals surface area contributed by atoms with Crippen molar-refractivity contribution in [3.05, 3.63) is 83.2 Å². The number of fused-ring (bicyclic) bond motifs is 1. The molecular weight excluding hydrogens is 325 g/mol. The first kappa shape index (κ1) is 17.0. The molecule has 1 heterocycles. The molecule has 1 amide bonds. The molecular formula is C23H24FNO. The lowest BCUT2D eigenvalue weighted by Gasteiger charge is -2.30. The largest absolute Gasteiger partial charge is 0.330 e. The van der Waals surface area contributed by atoms with Gasteiger partial charge in [0, 0.05) is 23.9 Å². The molecule has 0 aromatic heterocycles. The van der Waals surface area contributed by atoms with Crippen molar-refractivity contribution in [2.24, 2.45) is 17.8 Å². The Morgan fingerprint density at radius 1 is 1.15 bits per heavy atom. The zero-order valence-corrected chi connectivity index (χ0v) is 15.2. The summed E-state index contributed by atoms with van der Waals surface area (Å²) in [5.74, 6) is 0.189. The highest BCUT2D eigenvalue weighted by Crippen LogP contribution is 2.49. The maximum absolute atomic E-state index is 14.8. The van der Waals surface area contributed by atoms with Crippen molar-refractivity contribution in [1.29, 1.82) is 0 Å². The van der Waals surface area contributed by atoms with E-state index in [2.05, 4.69) is 19.1 Å². The second kappa shape index (κ2) is 6.71. The third-order valence-electron chi connectivity index (χ3n) is 5.83. The molecule has 1 fully saturated rings. The molecule has 2 aliphatic rings. The van der Waals surface area contributed by atoms with Crippen LogP contribution in [0.3, 0.4) is 0 Å². The molecule has 0 unspecified atom stereocenters. The zero-order valence-electron chi connectivity index (χ0n) is 15.2. The van der Waals surface area contributed by atoms with Crippen LogP contribution in [0.15, 0.2) is 60.7 Å². The minimum Gasteiger partial charge on any atom is -0.330 e. The summed E-state index contributed by atoms with van der Waals surface area (Å²) in [5.41, 5.74) is 2.74. The van der Waals surface area contributed by atoms with E-state index < -0.39 is 0 Å². The summed E-state index contributed by atoms with van der Waals surface area (Å²) in [5, 5.41) is 0. The Bertz CT molecular complexity index is 845. The Morgan fingerprint density at radius 3 is 2.69 bits per heavy atom. The standard InChI is InChI=1S/C23H24FNO/c1-15-11-12-20(24)19(13-15)22-18-10-6-7-16(2)21(18)23(26)25(22)14-17-8-4-3-5-9-17/h3-6,8-13,16,18,21-22H,7,14H2,1-2H3/t16-,18+,21+,22+/m0/s1. The highest BCUT2D eigenvalue weighted by Gasteiger charge is 2.50. The maximum atomic E-state index is 14.8. The number of aryl methyl sites for hydroxylation is 1. The number of carbonyl (C=O) groups is 1. The summed E-state index contributed by atoms with van der Waals surface area (Å²) < 4.78 is 14.8. The quantitative estimate of drug-likeness (QED) is 0.711. The van der Waals surface area contributed by atoms with Gasteiger partial charge in [-0.3, -0.25) is 4.79 Å². The monoisotopic (exact) mass is 349 g/mol. The number of nitrogens with zero attached hydrogens (tertiary/aromatic N) is 1. The van der Waals surface area contributed by atoms with Gasteiger partial charge in [-0.25, -0.2) is 4.39 Å². The van der Waals surface area contributed by atoms with Crippen LogP contribution in [0.5, 0.6) is 0 Å². The van der Waals surface area contributed by atoms with Gasteiger partial charge in [-0.2, -0.15) is 0 Å². The van der Waals surface area contributed by atoms with E-state index in [0.717, 1.165) is 17.5 Å². The Kier molecular flexibility index (Phi) is 4.39. The van der Waals surface area contributed by atoms with Gasteiger partial charge in [-0.05, 0) is 30.9 Å². The first-order valence-corrected chi connectivity index (χ1v) is 9.33. The highest BCUT2D eigenvalue weighted by atomic mass is 19.1. The average molecular weight is 349 g/mol. The van der Waals surface area contributed by atoms with Crippen molar-refractivity contribution >= 4 is 5.91 Å². The Morgan fingerprint density at radius 2 is 1.92 bits per heavy atom. The molecule has 0 saturated carbocycles. The maximum Gasteiger partial charge on any atom is 0.227 e. The molecule has 1 aliphatic heterocycles. The fraction of sp³-hybridized carbons (Fsp3) is 0.348. The van der Waals surface area contributed by atoms with Crippen molar-refractivity contribution < 1.29 is 9.18 Å². The van der Waals surface area contributed by atoms with Gasteiger partial charge in [-0.1, -0.05) is 67.1 Å². The molecule has 0 bridgehead atoms. The molecule has 4 rings (SSSR count). The van der Waals surface area contributed by atoms with E-state index in [1.807, 2.05) is 48.2 Å². The Hall–Kier alpha value is -2.42. The number of amides is 1. The van der Waals surface area contributed by atoms with Gasteiger partial charge >= 0.3 is 0 Å². The van der Waals surface area contributed by atoms with Gasteiger partial charge in [0.25, 0.3) is 0 Å². The lowest BCUT2D eigenvalue weighted by molar-refractivity contribution is -0.134. The summed E-state index contributed by atoms with van der Waals surface area (Å²) in [6.45, 7) is 4.62. The van der Waals surface area contributed by atoms with Gasteiger partial charge in [0.2, 0.25) is 5.91 Å². The number of allylic oxidation sites excluding steroid dienone is 1. The van der Waals surface area contributed by atoms with E-state index in [9.17, 15) is 9.18 Å². The molecule has 0 N–H and O–H groups in total. The Labute approximate surface area is 154 Å². The zero-order chi connectivity index (χ0) is 18.3. The lowest BCUT2D eigenvalue weighted by atomic mass is 9.75. The number of carbonyl (C=O) groups excluding carboxylic acids is 1. The predicted molar refractivity (Wildman–Crippen MR) is 101 cm³/mol. The van der Waals surface area contributed by atoms with Crippen molar-refractivity contribution in [2.45, 2.75) is 32.9 Å².